The van der Waals surface area contributed by atoms with E-state index in [-0.39, 0.29) is 17.3 Å². The maximum Gasteiger partial charge on any atom is 0.389 e. The predicted molar refractivity (Wildman–Crippen MR) is 60.9 cm³/mol. The number of hydrogen-bond donors (Lipinski definition) is 1. The maximum atomic E-state index is 12.9. The molecule has 0 fully saturated rings. The van der Waals surface area contributed by atoms with Crippen molar-refractivity contribution in [1.82, 2.24) is 0 Å². The molecule has 0 bridgehead atoms. The smallest absolute Gasteiger partial charge is 0.324 e. The molecule has 1 aromatic carbocycles. The summed E-state index contributed by atoms with van der Waals surface area (Å²) in [5.74, 6) is -0.420. The second-order valence-electron chi connectivity index (χ2n) is 3.79. The Labute approximate surface area is 105 Å². The summed E-state index contributed by atoms with van der Waals surface area (Å²) in [7, 11) is 0. The molecule has 0 aliphatic rings. The van der Waals surface area contributed by atoms with E-state index in [1.165, 1.54) is 18.2 Å². The second-order valence-corrected chi connectivity index (χ2v) is 4.64. The van der Waals surface area contributed by atoms with Gasteiger partial charge in [0.15, 0.2) is 0 Å². The molecule has 0 spiro atoms. The van der Waals surface area contributed by atoms with Crippen LogP contribution in [0.15, 0.2) is 22.7 Å². The Morgan fingerprint density at radius 1 is 1.29 bits per heavy atom. The molecule has 0 amide bonds. The first kappa shape index (κ1) is 14.4. The average molecular weight is 314 g/mol. The van der Waals surface area contributed by atoms with Crippen molar-refractivity contribution in [2.45, 2.75) is 31.5 Å². The van der Waals surface area contributed by atoms with Gasteiger partial charge in [-0.1, -0.05) is 6.07 Å². The molecule has 6 heteroatoms. The fourth-order valence-corrected chi connectivity index (χ4v) is 1.83. The number of rotatable bonds is 4. The van der Waals surface area contributed by atoms with Gasteiger partial charge in [0.05, 0.1) is 4.47 Å². The van der Waals surface area contributed by atoms with Crippen molar-refractivity contribution < 1.29 is 17.6 Å². The van der Waals surface area contributed by atoms with Gasteiger partial charge in [-0.3, -0.25) is 0 Å². The SMILES string of the molecule is NC(CCCC(F)(F)F)c1ccc(F)c(Br)c1. The largest absolute Gasteiger partial charge is 0.389 e. The lowest BCUT2D eigenvalue weighted by molar-refractivity contribution is -0.135. The summed E-state index contributed by atoms with van der Waals surface area (Å²) in [6.07, 6.45) is -4.80. The fourth-order valence-electron chi connectivity index (χ4n) is 1.43. The van der Waals surface area contributed by atoms with Crippen LogP contribution < -0.4 is 5.73 Å². The number of halogens is 5. The first-order valence-electron chi connectivity index (χ1n) is 5.07. The monoisotopic (exact) mass is 313 g/mol. The van der Waals surface area contributed by atoms with E-state index in [4.69, 9.17) is 5.73 Å². The third-order valence-electron chi connectivity index (χ3n) is 2.35. The zero-order chi connectivity index (χ0) is 13.1. The van der Waals surface area contributed by atoms with Gasteiger partial charge < -0.3 is 5.73 Å². The van der Waals surface area contributed by atoms with Gasteiger partial charge in [-0.2, -0.15) is 13.2 Å². The van der Waals surface area contributed by atoms with E-state index in [9.17, 15) is 17.6 Å². The quantitative estimate of drug-likeness (QED) is 0.823. The van der Waals surface area contributed by atoms with Crippen molar-refractivity contribution in [3.63, 3.8) is 0 Å². The van der Waals surface area contributed by atoms with Crippen LogP contribution in [0.1, 0.15) is 30.9 Å². The zero-order valence-corrected chi connectivity index (χ0v) is 10.5. The molecule has 1 nitrogen and oxygen atoms in total. The van der Waals surface area contributed by atoms with Crippen LogP contribution in [-0.2, 0) is 0 Å². The van der Waals surface area contributed by atoms with Gasteiger partial charge in [-0.05, 0) is 46.5 Å². The standard InChI is InChI=1S/C11H12BrF4N/c12-8-6-7(3-4-9(8)13)10(17)2-1-5-11(14,15)16/h3-4,6,10H,1-2,5,17H2. The average Bonchev–Trinajstić information content (AvgIpc) is 2.20. The molecule has 0 heterocycles. The first-order chi connectivity index (χ1) is 7.79. The lowest BCUT2D eigenvalue weighted by Gasteiger charge is -2.13. The lowest BCUT2D eigenvalue weighted by Crippen LogP contribution is -2.13. The lowest BCUT2D eigenvalue weighted by atomic mass is 10.0. The summed E-state index contributed by atoms with van der Waals surface area (Å²) in [4.78, 5) is 0. The predicted octanol–water partition coefficient (Wildman–Crippen LogP) is 4.32. The molecule has 0 radical (unpaired) electrons. The van der Waals surface area contributed by atoms with Gasteiger partial charge in [-0.15, -0.1) is 0 Å². The molecule has 17 heavy (non-hydrogen) atoms. The molecule has 1 unspecified atom stereocenters. The summed E-state index contributed by atoms with van der Waals surface area (Å²) in [6.45, 7) is 0. The molecule has 0 saturated heterocycles. The van der Waals surface area contributed by atoms with Crippen molar-refractivity contribution in [2.75, 3.05) is 0 Å². The van der Waals surface area contributed by atoms with Crippen molar-refractivity contribution in [3.05, 3.63) is 34.1 Å². The Bertz CT molecular complexity index is 378. The Hall–Kier alpha value is -0.620. The molecular weight excluding hydrogens is 302 g/mol. The van der Waals surface area contributed by atoms with Gasteiger partial charge >= 0.3 is 6.18 Å². The molecule has 1 atom stereocenters. The molecule has 96 valence electrons. The van der Waals surface area contributed by atoms with E-state index < -0.39 is 24.5 Å². The third kappa shape index (κ3) is 5.04. The zero-order valence-electron chi connectivity index (χ0n) is 8.90. The second kappa shape index (κ2) is 5.82. The minimum Gasteiger partial charge on any atom is -0.324 e. The van der Waals surface area contributed by atoms with Crippen LogP contribution in [0.3, 0.4) is 0 Å². The highest BCUT2D eigenvalue weighted by Gasteiger charge is 2.26. The van der Waals surface area contributed by atoms with Crippen LogP contribution in [0.5, 0.6) is 0 Å². The molecule has 0 aliphatic carbocycles. The van der Waals surface area contributed by atoms with Crippen LogP contribution in [0.2, 0.25) is 0 Å². The van der Waals surface area contributed by atoms with Gasteiger partial charge in [0.25, 0.3) is 0 Å². The van der Waals surface area contributed by atoms with Crippen molar-refractivity contribution >= 4 is 15.9 Å². The summed E-state index contributed by atoms with van der Waals surface area (Å²) >= 11 is 3.00. The van der Waals surface area contributed by atoms with Crippen LogP contribution >= 0.6 is 15.9 Å². The number of benzene rings is 1. The van der Waals surface area contributed by atoms with Gasteiger partial charge in [-0.25, -0.2) is 4.39 Å². The van der Waals surface area contributed by atoms with Crippen molar-refractivity contribution in [2.24, 2.45) is 5.73 Å². The molecule has 2 N–H and O–H groups in total. The molecule has 0 saturated carbocycles. The van der Waals surface area contributed by atoms with Gasteiger partial charge in [0.1, 0.15) is 5.82 Å². The fraction of sp³-hybridized carbons (Fsp3) is 0.455. The number of hydrogen-bond acceptors (Lipinski definition) is 1. The molecule has 1 rings (SSSR count). The summed E-state index contributed by atoms with van der Waals surface area (Å²) in [5, 5.41) is 0. The van der Waals surface area contributed by atoms with Crippen molar-refractivity contribution in [1.29, 1.82) is 0 Å². The van der Waals surface area contributed by atoms with Crippen LogP contribution in [0.25, 0.3) is 0 Å². The van der Waals surface area contributed by atoms with E-state index in [1.807, 2.05) is 0 Å². The van der Waals surface area contributed by atoms with E-state index in [2.05, 4.69) is 15.9 Å². The van der Waals surface area contributed by atoms with Crippen LogP contribution in [0.4, 0.5) is 17.6 Å². The van der Waals surface area contributed by atoms with Crippen LogP contribution in [-0.4, -0.2) is 6.18 Å². The molecular formula is C11H12BrF4N. The molecule has 1 aromatic rings. The maximum absolute atomic E-state index is 12.9. The number of nitrogens with two attached hydrogens (primary N) is 1. The Kier molecular flexibility index (Phi) is 4.94. The first-order valence-corrected chi connectivity index (χ1v) is 5.86. The summed E-state index contributed by atoms with van der Waals surface area (Å²) in [6, 6.07) is 3.71. The molecule has 0 aromatic heterocycles. The minimum absolute atomic E-state index is 0.0281. The minimum atomic E-state index is -4.15. The topological polar surface area (TPSA) is 26.0 Å². The van der Waals surface area contributed by atoms with E-state index in [1.54, 1.807) is 0 Å². The van der Waals surface area contributed by atoms with Gasteiger partial charge in [0.2, 0.25) is 0 Å². The highest BCUT2D eigenvalue weighted by Crippen LogP contribution is 2.26. The highest BCUT2D eigenvalue weighted by atomic mass is 79.9. The van der Waals surface area contributed by atoms with Crippen molar-refractivity contribution in [3.8, 4) is 0 Å². The normalized spacial score (nSPS) is 13.8. The Morgan fingerprint density at radius 3 is 2.47 bits per heavy atom. The van der Waals surface area contributed by atoms with E-state index in [0.717, 1.165) is 0 Å². The van der Waals surface area contributed by atoms with E-state index in [0.29, 0.717) is 5.56 Å². The van der Waals surface area contributed by atoms with Gasteiger partial charge in [0, 0.05) is 12.5 Å². The summed E-state index contributed by atoms with van der Waals surface area (Å²) in [5.41, 5.74) is 6.36. The van der Waals surface area contributed by atoms with E-state index >= 15 is 0 Å². The Morgan fingerprint density at radius 2 is 1.94 bits per heavy atom. The van der Waals surface area contributed by atoms with Crippen LogP contribution in [0, 0.1) is 5.82 Å². The third-order valence-corrected chi connectivity index (χ3v) is 2.95. The summed E-state index contributed by atoms with van der Waals surface area (Å²) < 4.78 is 49.0. The number of alkyl halides is 3. The highest BCUT2D eigenvalue weighted by molar-refractivity contribution is 9.10. The Balaban J connectivity index is 2.52. The molecule has 0 aliphatic heterocycles.